The second-order valence-corrected chi connectivity index (χ2v) is 10.3. The molecule has 38 heavy (non-hydrogen) atoms. The van der Waals surface area contributed by atoms with E-state index in [0.717, 1.165) is 11.1 Å². The molecule has 1 heterocycles. The van der Waals surface area contributed by atoms with E-state index < -0.39 is 12.4 Å². The van der Waals surface area contributed by atoms with Gasteiger partial charge >= 0.3 is 64.5 Å². The third kappa shape index (κ3) is 5.92. The van der Waals surface area contributed by atoms with Gasteiger partial charge in [0.15, 0.2) is 0 Å². The number of rotatable bonds is 5. The summed E-state index contributed by atoms with van der Waals surface area (Å²) in [7, 11) is 0. The van der Waals surface area contributed by atoms with Gasteiger partial charge in [0.2, 0.25) is 0 Å². The van der Waals surface area contributed by atoms with Crippen molar-refractivity contribution in [2.75, 3.05) is 32.8 Å². The number of hydrogen-bond donors (Lipinski definition) is 1. The van der Waals surface area contributed by atoms with Crippen LogP contribution in [0.5, 0.6) is 0 Å². The fraction of sp³-hybridized carbons (Fsp3) is 0.321. The van der Waals surface area contributed by atoms with E-state index >= 15 is 0 Å². The predicted molar refractivity (Wildman–Crippen MR) is 144 cm³/mol. The average Bonchev–Trinajstić information content (AvgIpc) is 3.19. The molecule has 1 aliphatic heterocycles. The van der Waals surface area contributed by atoms with Crippen molar-refractivity contribution in [3.63, 3.8) is 0 Å². The molecule has 1 saturated heterocycles. The van der Waals surface area contributed by atoms with Gasteiger partial charge in [-0.25, -0.2) is 4.79 Å². The molecule has 3 aromatic rings. The van der Waals surface area contributed by atoms with Gasteiger partial charge in [0.25, 0.3) is 0 Å². The Morgan fingerprint density at radius 1 is 0.947 bits per heavy atom. The summed E-state index contributed by atoms with van der Waals surface area (Å²) in [6, 6.07) is 18.1. The van der Waals surface area contributed by atoms with Crippen molar-refractivity contribution < 1.29 is 73.9 Å². The fourth-order valence-corrected chi connectivity index (χ4v) is 5.92. The number of ether oxygens (including phenoxy) is 1. The molecule has 2 aliphatic rings. The Hall–Kier alpha value is -1.27. The summed E-state index contributed by atoms with van der Waals surface area (Å²) in [6.45, 7) is 0.582. The van der Waals surface area contributed by atoms with Gasteiger partial charge in [-0.15, -0.1) is 18.1 Å². The first-order valence-corrected chi connectivity index (χ1v) is 12.9. The molecular formula is C28H29BF3KN2O2S. The molecule has 10 heteroatoms. The normalized spacial score (nSPS) is 15.6. The zero-order valence-corrected chi connectivity index (χ0v) is 25.9. The molecule has 4 nitrogen and oxygen atoms in total. The Morgan fingerprint density at radius 3 is 2.05 bits per heavy atom. The summed E-state index contributed by atoms with van der Waals surface area (Å²) in [5, 5.41) is 0. The standard InChI is InChI=1S/C28H29BF3N2O2S.K/c1-18-20(15-26(37)19(2)27(18)29(30,31)32)16-33-11-13-34(14-12-33)28(35)36-17-25-23-9-5-3-7-21(23)22-8-4-6-10-24(22)25;/h3-10,15,25,37H,11-14,16-17H2,1-2H3;/q-1;+1. The second kappa shape index (κ2) is 12.1. The summed E-state index contributed by atoms with van der Waals surface area (Å²) < 4.78 is 46.9. The largest absolute Gasteiger partial charge is 1.00 e. The number of benzene rings is 3. The molecule has 0 aromatic heterocycles. The number of piperazine rings is 1. The van der Waals surface area contributed by atoms with Crippen LogP contribution in [-0.4, -0.2) is 55.7 Å². The number of halogens is 3. The van der Waals surface area contributed by atoms with Gasteiger partial charge in [-0.05, 0) is 47.7 Å². The molecule has 3 aromatic carbocycles. The molecule has 0 unspecified atom stereocenters. The smallest absolute Gasteiger partial charge is 0.448 e. The van der Waals surface area contributed by atoms with E-state index in [1.807, 2.05) is 24.3 Å². The summed E-state index contributed by atoms with van der Waals surface area (Å²) in [4.78, 5) is 17.0. The van der Waals surface area contributed by atoms with Gasteiger partial charge in [0.1, 0.15) is 6.61 Å². The topological polar surface area (TPSA) is 32.8 Å². The van der Waals surface area contributed by atoms with Crippen LogP contribution in [0.25, 0.3) is 11.1 Å². The third-order valence-electron chi connectivity index (χ3n) is 7.67. The van der Waals surface area contributed by atoms with E-state index in [0.29, 0.717) is 43.2 Å². The minimum atomic E-state index is -5.12. The molecule has 1 amide bonds. The number of amides is 1. The number of thiol groups is 1. The van der Waals surface area contributed by atoms with E-state index in [-0.39, 0.29) is 81.1 Å². The van der Waals surface area contributed by atoms with Crippen molar-refractivity contribution in [3.8, 4) is 11.1 Å². The van der Waals surface area contributed by atoms with Crippen molar-refractivity contribution in [1.82, 2.24) is 9.80 Å². The SMILES string of the molecule is Cc1c(S)cc(CN2CCN(C(=O)OCC3c4ccccc4-c4ccccc43)CC2)c(C)c1[B-](F)(F)F.[K+]. The number of nitrogens with zero attached hydrogens (tertiary/aromatic N) is 2. The number of fused-ring (bicyclic) bond motifs is 3. The van der Waals surface area contributed by atoms with Crippen LogP contribution in [-0.2, 0) is 11.3 Å². The van der Waals surface area contributed by atoms with Crippen LogP contribution in [0.2, 0.25) is 0 Å². The summed E-state index contributed by atoms with van der Waals surface area (Å²) in [5.41, 5.74) is 5.21. The minimum absolute atomic E-state index is 0. The Kier molecular flexibility index (Phi) is 9.44. The van der Waals surface area contributed by atoms with Gasteiger partial charge in [0, 0.05) is 43.5 Å². The predicted octanol–water partition coefficient (Wildman–Crippen LogP) is 2.72. The maximum atomic E-state index is 13.7. The van der Waals surface area contributed by atoms with Crippen LogP contribution in [0.4, 0.5) is 17.7 Å². The maximum Gasteiger partial charge on any atom is 1.00 e. The van der Waals surface area contributed by atoms with Crippen molar-refractivity contribution in [2.24, 2.45) is 0 Å². The Labute approximate surface area is 269 Å². The molecule has 0 spiro atoms. The Morgan fingerprint density at radius 2 is 1.50 bits per heavy atom. The van der Waals surface area contributed by atoms with Crippen LogP contribution >= 0.6 is 12.6 Å². The van der Waals surface area contributed by atoms with E-state index in [4.69, 9.17) is 4.74 Å². The first kappa shape index (κ1) is 29.7. The van der Waals surface area contributed by atoms with E-state index in [1.54, 1.807) is 11.0 Å². The third-order valence-corrected chi connectivity index (χ3v) is 8.14. The van der Waals surface area contributed by atoms with Crippen molar-refractivity contribution >= 4 is 31.2 Å². The van der Waals surface area contributed by atoms with Gasteiger partial charge < -0.3 is 22.6 Å². The molecule has 0 radical (unpaired) electrons. The summed E-state index contributed by atoms with van der Waals surface area (Å²) >= 11 is 4.29. The van der Waals surface area contributed by atoms with Gasteiger partial charge in [-0.2, -0.15) is 0 Å². The zero-order chi connectivity index (χ0) is 26.3. The van der Waals surface area contributed by atoms with Crippen LogP contribution < -0.4 is 56.8 Å². The molecular weight excluding hydrogens is 535 g/mol. The van der Waals surface area contributed by atoms with Crippen LogP contribution in [0, 0.1) is 13.8 Å². The fourth-order valence-electron chi connectivity index (χ4n) is 5.64. The molecule has 0 N–H and O–H groups in total. The van der Waals surface area contributed by atoms with Crippen molar-refractivity contribution in [3.05, 3.63) is 82.4 Å². The monoisotopic (exact) mass is 564 g/mol. The van der Waals surface area contributed by atoms with Gasteiger partial charge in [-0.3, -0.25) is 4.90 Å². The van der Waals surface area contributed by atoms with Crippen LogP contribution in [0.3, 0.4) is 0 Å². The molecule has 0 bridgehead atoms. The van der Waals surface area contributed by atoms with E-state index in [9.17, 15) is 17.7 Å². The number of carbonyl (C=O) groups is 1. The first-order valence-electron chi connectivity index (χ1n) is 12.5. The second-order valence-electron chi connectivity index (χ2n) is 9.86. The van der Waals surface area contributed by atoms with E-state index in [2.05, 4.69) is 41.8 Å². The van der Waals surface area contributed by atoms with Crippen molar-refractivity contribution in [2.45, 2.75) is 31.2 Å². The van der Waals surface area contributed by atoms with Gasteiger partial charge in [-0.1, -0.05) is 59.7 Å². The minimum Gasteiger partial charge on any atom is -0.448 e. The molecule has 0 saturated carbocycles. The van der Waals surface area contributed by atoms with Crippen LogP contribution in [0.15, 0.2) is 59.5 Å². The number of hydrogen-bond acceptors (Lipinski definition) is 4. The van der Waals surface area contributed by atoms with E-state index in [1.165, 1.54) is 25.0 Å². The van der Waals surface area contributed by atoms with Crippen molar-refractivity contribution in [1.29, 1.82) is 0 Å². The Bertz CT molecular complexity index is 1300. The zero-order valence-electron chi connectivity index (χ0n) is 21.9. The molecule has 0 atom stereocenters. The first-order chi connectivity index (χ1) is 17.6. The maximum absolute atomic E-state index is 13.7. The Balaban J connectivity index is 0.00000336. The number of carbonyl (C=O) groups excluding carboxylic acids is 1. The van der Waals surface area contributed by atoms with Gasteiger partial charge in [0.05, 0.1) is 0 Å². The molecule has 5 rings (SSSR count). The quantitative estimate of drug-likeness (QED) is 0.383. The summed E-state index contributed by atoms with van der Waals surface area (Å²) in [5.74, 6) is 0.00186. The molecule has 1 aliphatic carbocycles. The molecule has 194 valence electrons. The van der Waals surface area contributed by atoms with Crippen LogP contribution in [0.1, 0.15) is 33.7 Å². The molecule has 1 fully saturated rings. The average molecular weight is 565 g/mol. The summed E-state index contributed by atoms with van der Waals surface area (Å²) in [6.07, 6.45) is -0.354.